The Morgan fingerprint density at radius 3 is 2.00 bits per heavy atom. The predicted molar refractivity (Wildman–Crippen MR) is 152 cm³/mol. The van der Waals surface area contributed by atoms with E-state index in [-0.39, 0.29) is 0 Å². The molecule has 1 aliphatic rings. The summed E-state index contributed by atoms with van der Waals surface area (Å²) in [5, 5.41) is 0. The second kappa shape index (κ2) is 16.9. The van der Waals surface area contributed by atoms with Gasteiger partial charge in [0.15, 0.2) is 0 Å². The molecule has 2 atom stereocenters. The Hall–Kier alpha value is -2.75. The predicted octanol–water partition coefficient (Wildman–Crippen LogP) is 9.19. The lowest BCUT2D eigenvalue weighted by molar-refractivity contribution is 0.0734. The van der Waals surface area contributed by atoms with Crippen LogP contribution < -0.4 is 14.2 Å². The highest BCUT2D eigenvalue weighted by molar-refractivity contribution is 5.91. The van der Waals surface area contributed by atoms with Gasteiger partial charge in [0.2, 0.25) is 0 Å². The Kier molecular flexibility index (Phi) is 13.2. The molecule has 1 fully saturated rings. The molecule has 0 saturated heterocycles. The first-order valence-electron chi connectivity index (χ1n) is 14.5. The molecule has 37 heavy (non-hydrogen) atoms. The van der Waals surface area contributed by atoms with Crippen LogP contribution in [0.3, 0.4) is 0 Å². The van der Waals surface area contributed by atoms with Gasteiger partial charge in [0, 0.05) is 0 Å². The molecule has 0 spiro atoms. The van der Waals surface area contributed by atoms with Crippen LogP contribution in [0.2, 0.25) is 0 Å². The molecule has 0 radical (unpaired) electrons. The van der Waals surface area contributed by atoms with Gasteiger partial charge in [-0.3, -0.25) is 0 Å². The van der Waals surface area contributed by atoms with Crippen molar-refractivity contribution >= 4 is 5.97 Å². The second-order valence-electron chi connectivity index (χ2n) is 10.3. The number of rotatable bonds is 17. The summed E-state index contributed by atoms with van der Waals surface area (Å²) in [4.78, 5) is 12.5. The maximum Gasteiger partial charge on any atom is 0.343 e. The van der Waals surface area contributed by atoms with Crippen molar-refractivity contribution < 1.29 is 19.0 Å². The number of unbranched alkanes of at least 4 members (excludes halogenated alkanes) is 4. The third-order valence-electron chi connectivity index (χ3n) is 7.45. The first-order chi connectivity index (χ1) is 18.2. The molecular formula is C33H46O4. The summed E-state index contributed by atoms with van der Waals surface area (Å²) in [5.41, 5.74) is 0.485. The van der Waals surface area contributed by atoms with Gasteiger partial charge in [-0.25, -0.2) is 4.79 Å². The van der Waals surface area contributed by atoms with E-state index < -0.39 is 5.97 Å². The molecule has 202 valence electrons. The lowest BCUT2D eigenvalue weighted by Gasteiger charge is -2.31. The first-order valence-corrected chi connectivity index (χ1v) is 14.5. The standard InChI is InChI=1S/C33H46O4/c1-3-5-7-8-9-13-27-14-10-11-15-28(27)16-12-26-36-31-21-23-32(24-22-31)37-33(34)29-17-19-30(20-18-29)35-25-6-4-2/h4,17-24,27-28H,2-3,5-16,25-26H2,1H3. The van der Waals surface area contributed by atoms with E-state index in [1.165, 1.54) is 70.6 Å². The van der Waals surface area contributed by atoms with Crippen LogP contribution in [-0.2, 0) is 0 Å². The van der Waals surface area contributed by atoms with Crippen LogP contribution in [0.5, 0.6) is 17.2 Å². The molecular weight excluding hydrogens is 460 g/mol. The quantitative estimate of drug-likeness (QED) is 0.0928. The van der Waals surface area contributed by atoms with Crippen LogP contribution in [-0.4, -0.2) is 19.2 Å². The van der Waals surface area contributed by atoms with Gasteiger partial charge in [-0.15, -0.1) is 6.58 Å². The molecule has 4 nitrogen and oxygen atoms in total. The van der Waals surface area contributed by atoms with E-state index in [2.05, 4.69) is 13.5 Å². The van der Waals surface area contributed by atoms with E-state index in [0.29, 0.717) is 17.9 Å². The zero-order chi connectivity index (χ0) is 26.1. The van der Waals surface area contributed by atoms with E-state index in [1.807, 2.05) is 18.2 Å². The lowest BCUT2D eigenvalue weighted by Crippen LogP contribution is -2.20. The monoisotopic (exact) mass is 506 g/mol. The van der Waals surface area contributed by atoms with Crippen molar-refractivity contribution in [3.8, 4) is 17.2 Å². The topological polar surface area (TPSA) is 44.8 Å². The van der Waals surface area contributed by atoms with Gasteiger partial charge in [-0.1, -0.05) is 77.2 Å². The molecule has 2 aromatic carbocycles. The summed E-state index contributed by atoms with van der Waals surface area (Å²) in [6.45, 7) is 7.27. The molecule has 0 aromatic heterocycles. The van der Waals surface area contributed by atoms with Crippen molar-refractivity contribution in [1.29, 1.82) is 0 Å². The second-order valence-corrected chi connectivity index (χ2v) is 10.3. The molecule has 3 rings (SSSR count). The van der Waals surface area contributed by atoms with Gasteiger partial charge in [-0.2, -0.15) is 0 Å². The van der Waals surface area contributed by atoms with Crippen molar-refractivity contribution in [1.82, 2.24) is 0 Å². The van der Waals surface area contributed by atoms with Crippen molar-refractivity contribution in [2.24, 2.45) is 11.8 Å². The molecule has 1 aliphatic carbocycles. The minimum Gasteiger partial charge on any atom is -0.494 e. The van der Waals surface area contributed by atoms with Crippen molar-refractivity contribution in [3.05, 3.63) is 66.7 Å². The zero-order valence-corrected chi connectivity index (χ0v) is 22.8. The molecule has 1 saturated carbocycles. The van der Waals surface area contributed by atoms with Crippen LogP contribution in [0.4, 0.5) is 0 Å². The third-order valence-corrected chi connectivity index (χ3v) is 7.45. The molecule has 0 N–H and O–H groups in total. The Morgan fingerprint density at radius 1 is 0.784 bits per heavy atom. The smallest absolute Gasteiger partial charge is 0.343 e. The highest BCUT2D eigenvalue weighted by Crippen LogP contribution is 2.36. The van der Waals surface area contributed by atoms with Crippen molar-refractivity contribution in [2.45, 2.75) is 90.4 Å². The van der Waals surface area contributed by atoms with Gasteiger partial charge in [0.05, 0.1) is 18.8 Å². The Bertz CT molecular complexity index is 903. The third kappa shape index (κ3) is 10.6. The van der Waals surface area contributed by atoms with Gasteiger partial charge >= 0.3 is 5.97 Å². The molecule has 0 bridgehead atoms. The average Bonchev–Trinajstić information content (AvgIpc) is 2.93. The lowest BCUT2D eigenvalue weighted by atomic mass is 9.74. The fourth-order valence-electron chi connectivity index (χ4n) is 5.31. The Labute approximate surface area is 224 Å². The summed E-state index contributed by atoms with van der Waals surface area (Å²) >= 11 is 0. The maximum atomic E-state index is 12.5. The minimum atomic E-state index is -0.390. The number of benzene rings is 2. The highest BCUT2D eigenvalue weighted by atomic mass is 16.5. The fourth-order valence-corrected chi connectivity index (χ4v) is 5.31. The number of ether oxygens (including phenoxy) is 3. The molecule has 0 aliphatic heterocycles. The molecule has 0 amide bonds. The fraction of sp³-hybridized carbons (Fsp3) is 0.545. The van der Waals surface area contributed by atoms with E-state index in [1.54, 1.807) is 36.4 Å². The largest absolute Gasteiger partial charge is 0.494 e. The molecule has 4 heteroatoms. The summed E-state index contributed by atoms with van der Waals surface area (Å²) < 4.78 is 17.1. The summed E-state index contributed by atoms with van der Waals surface area (Å²) in [6, 6.07) is 14.3. The van der Waals surface area contributed by atoms with Gasteiger partial charge in [-0.05, 0) is 79.6 Å². The van der Waals surface area contributed by atoms with E-state index in [4.69, 9.17) is 14.2 Å². The SMILES string of the molecule is C=CCCOc1ccc(C(=O)Oc2ccc(OCCCC3CCCCC3CCCCCCC)cc2)cc1. The summed E-state index contributed by atoms with van der Waals surface area (Å²) in [7, 11) is 0. The summed E-state index contributed by atoms with van der Waals surface area (Å²) in [6.07, 6.45) is 18.9. The Morgan fingerprint density at radius 2 is 1.35 bits per heavy atom. The minimum absolute atomic E-state index is 0.390. The zero-order valence-electron chi connectivity index (χ0n) is 22.8. The number of hydrogen-bond acceptors (Lipinski definition) is 4. The maximum absolute atomic E-state index is 12.5. The first kappa shape index (κ1) is 28.8. The molecule has 2 unspecified atom stereocenters. The molecule has 2 aromatic rings. The van der Waals surface area contributed by atoms with Crippen LogP contribution in [0.1, 0.15) is 101 Å². The number of carbonyl (C=O) groups is 1. The van der Waals surface area contributed by atoms with E-state index in [0.717, 1.165) is 42.8 Å². The van der Waals surface area contributed by atoms with E-state index in [9.17, 15) is 4.79 Å². The normalized spacial score (nSPS) is 17.2. The van der Waals surface area contributed by atoms with Crippen LogP contribution in [0.15, 0.2) is 61.2 Å². The van der Waals surface area contributed by atoms with E-state index >= 15 is 0 Å². The Balaban J connectivity index is 1.35. The van der Waals surface area contributed by atoms with Gasteiger partial charge in [0.1, 0.15) is 17.2 Å². The average molecular weight is 507 g/mol. The van der Waals surface area contributed by atoms with Crippen LogP contribution >= 0.6 is 0 Å². The molecule has 0 heterocycles. The summed E-state index contributed by atoms with van der Waals surface area (Å²) in [5.74, 6) is 3.45. The number of hydrogen-bond donors (Lipinski definition) is 0. The van der Waals surface area contributed by atoms with Crippen molar-refractivity contribution in [3.63, 3.8) is 0 Å². The van der Waals surface area contributed by atoms with Gasteiger partial charge < -0.3 is 14.2 Å². The van der Waals surface area contributed by atoms with Gasteiger partial charge in [0.25, 0.3) is 0 Å². The number of carbonyl (C=O) groups excluding carboxylic acids is 1. The number of esters is 1. The van der Waals surface area contributed by atoms with Crippen LogP contribution in [0.25, 0.3) is 0 Å². The van der Waals surface area contributed by atoms with Crippen molar-refractivity contribution in [2.75, 3.05) is 13.2 Å². The highest BCUT2D eigenvalue weighted by Gasteiger charge is 2.24. The van der Waals surface area contributed by atoms with Crippen LogP contribution in [0, 0.1) is 11.8 Å².